The second kappa shape index (κ2) is 10.3. The zero-order chi connectivity index (χ0) is 23.2. The van der Waals surface area contributed by atoms with E-state index in [-0.39, 0.29) is 12.3 Å². The van der Waals surface area contributed by atoms with Gasteiger partial charge in [-0.2, -0.15) is 0 Å². The van der Waals surface area contributed by atoms with Crippen LogP contribution in [0.2, 0.25) is 0 Å². The molecule has 3 aromatic rings. The van der Waals surface area contributed by atoms with Crippen LogP contribution in [0.25, 0.3) is 11.3 Å². The average Bonchev–Trinajstić information content (AvgIpc) is 2.84. The average molecular weight is 448 g/mol. The van der Waals surface area contributed by atoms with Gasteiger partial charge in [0.05, 0.1) is 26.3 Å². The molecule has 1 aliphatic rings. The van der Waals surface area contributed by atoms with Crippen molar-refractivity contribution in [2.24, 2.45) is 0 Å². The lowest BCUT2D eigenvalue weighted by atomic mass is 10.1. The Labute approximate surface area is 194 Å². The van der Waals surface area contributed by atoms with Gasteiger partial charge in [0.25, 0.3) is 0 Å². The van der Waals surface area contributed by atoms with Crippen molar-refractivity contribution in [1.29, 1.82) is 0 Å². The molecule has 0 aliphatic carbocycles. The van der Waals surface area contributed by atoms with Crippen LogP contribution in [0.15, 0.2) is 54.6 Å². The van der Waals surface area contributed by atoms with Crippen LogP contribution in [-0.4, -0.2) is 68.5 Å². The van der Waals surface area contributed by atoms with Gasteiger partial charge >= 0.3 is 0 Å². The number of piperazine rings is 1. The van der Waals surface area contributed by atoms with Gasteiger partial charge in [0.1, 0.15) is 0 Å². The molecule has 1 N–H and O–H groups in total. The Hall–Kier alpha value is -3.65. The van der Waals surface area contributed by atoms with E-state index < -0.39 is 0 Å². The van der Waals surface area contributed by atoms with Crippen LogP contribution in [0.4, 0.5) is 11.5 Å². The monoisotopic (exact) mass is 447 g/mol. The second-order valence-electron chi connectivity index (χ2n) is 8.06. The molecule has 2 aromatic carbocycles. The summed E-state index contributed by atoms with van der Waals surface area (Å²) in [5.41, 5.74) is 3.22. The molecule has 0 radical (unpaired) electrons. The standard InChI is InChI=1S/C25H29N5O3/c1-29-11-13-30(14-12-29)24-10-8-21(27-28-24)19-5-4-6-20(17-19)26-25(31)16-18-7-9-22(32-2)23(15-18)33-3/h4-10,15,17H,11-14,16H2,1-3H3,(H,26,31). The van der Waals surface area contributed by atoms with E-state index in [4.69, 9.17) is 9.47 Å². The number of benzene rings is 2. The number of nitrogens with zero attached hydrogens (tertiary/aromatic N) is 4. The molecule has 172 valence electrons. The Morgan fingerprint density at radius 1 is 0.939 bits per heavy atom. The van der Waals surface area contributed by atoms with Gasteiger partial charge in [-0.3, -0.25) is 4.79 Å². The molecule has 0 unspecified atom stereocenters. The molecular weight excluding hydrogens is 418 g/mol. The number of carbonyl (C=O) groups is 1. The fourth-order valence-electron chi connectivity index (χ4n) is 3.82. The van der Waals surface area contributed by atoms with E-state index >= 15 is 0 Å². The van der Waals surface area contributed by atoms with Crippen molar-refractivity contribution < 1.29 is 14.3 Å². The van der Waals surface area contributed by atoms with Crippen LogP contribution in [-0.2, 0) is 11.2 Å². The summed E-state index contributed by atoms with van der Waals surface area (Å²) in [6.07, 6.45) is 0.226. The molecule has 33 heavy (non-hydrogen) atoms. The van der Waals surface area contributed by atoms with Gasteiger partial charge < -0.3 is 24.6 Å². The normalized spacial score (nSPS) is 14.1. The van der Waals surface area contributed by atoms with E-state index in [0.717, 1.165) is 48.8 Å². The number of amides is 1. The highest BCUT2D eigenvalue weighted by atomic mass is 16.5. The maximum Gasteiger partial charge on any atom is 0.228 e. The third-order valence-electron chi connectivity index (χ3n) is 5.73. The molecule has 8 nitrogen and oxygen atoms in total. The predicted molar refractivity (Wildman–Crippen MR) is 129 cm³/mol. The minimum absolute atomic E-state index is 0.115. The number of nitrogens with one attached hydrogen (secondary N) is 1. The third kappa shape index (κ3) is 5.59. The number of aromatic nitrogens is 2. The lowest BCUT2D eigenvalue weighted by molar-refractivity contribution is -0.115. The molecule has 0 saturated carbocycles. The van der Waals surface area contributed by atoms with Crippen LogP contribution in [0.1, 0.15) is 5.56 Å². The van der Waals surface area contributed by atoms with Crippen LogP contribution in [0, 0.1) is 0 Å². The summed E-state index contributed by atoms with van der Waals surface area (Å²) in [5.74, 6) is 2.01. The van der Waals surface area contributed by atoms with E-state index in [9.17, 15) is 4.79 Å². The fourth-order valence-corrected chi connectivity index (χ4v) is 3.82. The van der Waals surface area contributed by atoms with E-state index in [1.54, 1.807) is 20.3 Å². The van der Waals surface area contributed by atoms with Gasteiger partial charge in [-0.1, -0.05) is 18.2 Å². The number of rotatable bonds is 7. The summed E-state index contributed by atoms with van der Waals surface area (Å²) in [7, 11) is 5.29. The van der Waals surface area contributed by atoms with E-state index in [0.29, 0.717) is 17.2 Å². The van der Waals surface area contributed by atoms with Gasteiger partial charge in [-0.05, 0) is 49.0 Å². The van der Waals surface area contributed by atoms with Crippen molar-refractivity contribution in [2.75, 3.05) is 57.7 Å². The minimum Gasteiger partial charge on any atom is -0.493 e. The summed E-state index contributed by atoms with van der Waals surface area (Å²) in [4.78, 5) is 17.2. The van der Waals surface area contributed by atoms with Gasteiger partial charge in [-0.15, -0.1) is 10.2 Å². The summed E-state index contributed by atoms with van der Waals surface area (Å²) in [5, 5.41) is 11.8. The number of likely N-dealkylation sites (N-methyl/N-ethyl adjacent to an activating group) is 1. The first-order valence-electron chi connectivity index (χ1n) is 10.9. The lowest BCUT2D eigenvalue weighted by Gasteiger charge is -2.32. The van der Waals surface area contributed by atoms with Crippen molar-refractivity contribution >= 4 is 17.4 Å². The Morgan fingerprint density at radius 2 is 1.73 bits per heavy atom. The zero-order valence-electron chi connectivity index (χ0n) is 19.2. The minimum atomic E-state index is -0.115. The number of methoxy groups -OCH3 is 2. The molecule has 8 heteroatoms. The number of anilines is 2. The molecule has 1 amide bonds. The van der Waals surface area contributed by atoms with Crippen molar-refractivity contribution in [3.63, 3.8) is 0 Å². The first kappa shape index (κ1) is 22.5. The number of hydrogen-bond acceptors (Lipinski definition) is 7. The summed E-state index contributed by atoms with van der Waals surface area (Å²) < 4.78 is 10.6. The highest BCUT2D eigenvalue weighted by molar-refractivity contribution is 5.93. The van der Waals surface area contributed by atoms with Crippen LogP contribution >= 0.6 is 0 Å². The van der Waals surface area contributed by atoms with Crippen LogP contribution in [0.5, 0.6) is 11.5 Å². The van der Waals surface area contributed by atoms with Gasteiger partial charge in [-0.25, -0.2) is 0 Å². The third-order valence-corrected chi connectivity index (χ3v) is 5.73. The lowest BCUT2D eigenvalue weighted by Crippen LogP contribution is -2.44. The molecule has 1 aliphatic heterocycles. The fraction of sp³-hybridized carbons (Fsp3) is 0.320. The second-order valence-corrected chi connectivity index (χ2v) is 8.06. The molecule has 1 saturated heterocycles. The van der Waals surface area contributed by atoms with Crippen molar-refractivity contribution in [3.8, 4) is 22.8 Å². The molecular formula is C25H29N5O3. The Morgan fingerprint density at radius 3 is 2.42 bits per heavy atom. The van der Waals surface area contributed by atoms with Crippen LogP contribution in [0.3, 0.4) is 0 Å². The molecule has 0 spiro atoms. The summed E-state index contributed by atoms with van der Waals surface area (Å²) in [6, 6.07) is 17.1. The maximum atomic E-state index is 12.6. The summed E-state index contributed by atoms with van der Waals surface area (Å²) in [6.45, 7) is 3.95. The molecule has 0 atom stereocenters. The Balaban J connectivity index is 1.41. The SMILES string of the molecule is COc1ccc(CC(=O)Nc2cccc(-c3ccc(N4CCN(C)CC4)nn3)c2)cc1OC. The Kier molecular flexibility index (Phi) is 7.04. The predicted octanol–water partition coefficient (Wildman–Crippen LogP) is 3.09. The van der Waals surface area contributed by atoms with Gasteiger partial charge in [0, 0.05) is 37.4 Å². The van der Waals surface area contributed by atoms with Crippen molar-refractivity contribution in [2.45, 2.75) is 6.42 Å². The molecule has 0 bridgehead atoms. The highest BCUT2D eigenvalue weighted by Gasteiger charge is 2.16. The topological polar surface area (TPSA) is 79.8 Å². The van der Waals surface area contributed by atoms with Gasteiger partial charge in [0.15, 0.2) is 17.3 Å². The first-order chi connectivity index (χ1) is 16.1. The molecule has 1 aromatic heterocycles. The molecule has 4 rings (SSSR count). The zero-order valence-corrected chi connectivity index (χ0v) is 19.2. The van der Waals surface area contributed by atoms with E-state index in [1.165, 1.54) is 0 Å². The smallest absolute Gasteiger partial charge is 0.228 e. The largest absolute Gasteiger partial charge is 0.493 e. The number of ether oxygens (including phenoxy) is 2. The van der Waals surface area contributed by atoms with E-state index in [2.05, 4.69) is 32.4 Å². The highest BCUT2D eigenvalue weighted by Crippen LogP contribution is 2.28. The first-order valence-corrected chi connectivity index (χ1v) is 10.9. The summed E-state index contributed by atoms with van der Waals surface area (Å²) >= 11 is 0. The number of hydrogen-bond donors (Lipinski definition) is 1. The van der Waals surface area contributed by atoms with E-state index in [1.807, 2.05) is 48.5 Å². The van der Waals surface area contributed by atoms with Gasteiger partial charge in [0.2, 0.25) is 5.91 Å². The van der Waals surface area contributed by atoms with Crippen molar-refractivity contribution in [3.05, 3.63) is 60.2 Å². The van der Waals surface area contributed by atoms with Crippen molar-refractivity contribution in [1.82, 2.24) is 15.1 Å². The number of carbonyl (C=O) groups excluding carboxylic acids is 1. The Bertz CT molecular complexity index is 1100. The molecule has 1 fully saturated rings. The maximum absolute atomic E-state index is 12.6. The quantitative estimate of drug-likeness (QED) is 0.596. The molecule has 2 heterocycles. The van der Waals surface area contributed by atoms with Crippen LogP contribution < -0.4 is 19.7 Å².